The fraction of sp³-hybridized carbons (Fsp3) is 0. The second-order valence-corrected chi connectivity index (χ2v) is 1.92. The lowest BCUT2D eigenvalue weighted by atomic mass is 10.2. The van der Waals surface area contributed by atoms with Crippen molar-refractivity contribution in [2.24, 2.45) is 0 Å². The van der Waals surface area contributed by atoms with E-state index in [0.717, 1.165) is 6.07 Å². The number of aromatic nitrogens is 1. The van der Waals surface area contributed by atoms with E-state index in [0.29, 0.717) is 6.29 Å². The zero-order valence-corrected chi connectivity index (χ0v) is 5.50. The minimum Gasteiger partial charge on any atom is -0.314 e. The van der Waals surface area contributed by atoms with Crippen molar-refractivity contribution in [1.82, 2.24) is 4.98 Å². The molecule has 1 N–H and O–H groups in total. The van der Waals surface area contributed by atoms with Crippen molar-refractivity contribution in [3.8, 4) is 6.07 Å². The molecule has 1 aromatic rings. The molecule has 0 aliphatic rings. The van der Waals surface area contributed by atoms with Crippen molar-refractivity contribution < 1.29 is 4.79 Å². The molecule has 0 aromatic carbocycles. The normalized spacial score (nSPS) is 8.64. The highest BCUT2D eigenvalue weighted by atomic mass is 16.1. The van der Waals surface area contributed by atoms with Crippen LogP contribution in [0.25, 0.3) is 0 Å². The summed E-state index contributed by atoms with van der Waals surface area (Å²) in [5, 5.41) is 8.35. The SMILES string of the molecule is N#Cc1cc(C=O)cc(=O)[nH]1. The van der Waals surface area contributed by atoms with Crippen LogP contribution in [0.1, 0.15) is 16.1 Å². The van der Waals surface area contributed by atoms with Crippen molar-refractivity contribution in [3.05, 3.63) is 33.7 Å². The first kappa shape index (κ1) is 7.22. The first-order valence-corrected chi connectivity index (χ1v) is 2.86. The van der Waals surface area contributed by atoms with Gasteiger partial charge in [0, 0.05) is 11.6 Å². The molecule has 0 spiro atoms. The number of aromatic amines is 1. The van der Waals surface area contributed by atoms with Gasteiger partial charge in [-0.2, -0.15) is 5.26 Å². The molecule has 0 radical (unpaired) electrons. The summed E-state index contributed by atoms with van der Waals surface area (Å²) in [5.74, 6) is 0. The molecule has 0 amide bonds. The standard InChI is InChI=1S/C7H4N2O2/c8-3-6-1-5(4-10)2-7(11)9-6/h1-2,4H,(H,9,11). The Morgan fingerprint density at radius 2 is 2.27 bits per heavy atom. The Balaban J connectivity index is 3.37. The highest BCUT2D eigenvalue weighted by molar-refractivity contribution is 5.74. The summed E-state index contributed by atoms with van der Waals surface area (Å²) in [6, 6.07) is 4.17. The number of hydrogen-bond donors (Lipinski definition) is 1. The third kappa shape index (κ3) is 1.52. The molecule has 11 heavy (non-hydrogen) atoms. The average molecular weight is 148 g/mol. The molecule has 0 aliphatic carbocycles. The first-order chi connectivity index (χ1) is 5.26. The summed E-state index contributed by atoms with van der Waals surface area (Å²) < 4.78 is 0. The lowest BCUT2D eigenvalue weighted by Gasteiger charge is -1.88. The molecule has 0 fully saturated rings. The van der Waals surface area contributed by atoms with Crippen LogP contribution in [-0.2, 0) is 0 Å². The summed E-state index contributed by atoms with van der Waals surface area (Å²) in [4.78, 5) is 23.1. The van der Waals surface area contributed by atoms with Crippen LogP contribution in [0.3, 0.4) is 0 Å². The zero-order chi connectivity index (χ0) is 8.27. The third-order valence-electron chi connectivity index (χ3n) is 1.12. The number of rotatable bonds is 1. The van der Waals surface area contributed by atoms with Crippen LogP contribution in [0.4, 0.5) is 0 Å². The Kier molecular flexibility index (Phi) is 1.83. The van der Waals surface area contributed by atoms with E-state index in [1.54, 1.807) is 6.07 Å². The maximum Gasteiger partial charge on any atom is 0.249 e. The van der Waals surface area contributed by atoms with E-state index < -0.39 is 5.56 Å². The highest BCUT2D eigenvalue weighted by Crippen LogP contribution is 1.92. The van der Waals surface area contributed by atoms with E-state index in [-0.39, 0.29) is 11.3 Å². The minimum absolute atomic E-state index is 0.0969. The van der Waals surface area contributed by atoms with E-state index in [4.69, 9.17) is 5.26 Å². The van der Waals surface area contributed by atoms with Crippen LogP contribution in [0, 0.1) is 11.3 Å². The van der Waals surface area contributed by atoms with Crippen molar-refractivity contribution in [2.75, 3.05) is 0 Å². The summed E-state index contributed by atoms with van der Waals surface area (Å²) in [5.41, 5.74) is -0.129. The topological polar surface area (TPSA) is 73.7 Å². The van der Waals surface area contributed by atoms with Crippen LogP contribution in [0.2, 0.25) is 0 Å². The van der Waals surface area contributed by atoms with Crippen LogP contribution >= 0.6 is 0 Å². The Morgan fingerprint density at radius 3 is 2.82 bits per heavy atom. The van der Waals surface area contributed by atoms with Gasteiger partial charge in [0.2, 0.25) is 5.56 Å². The van der Waals surface area contributed by atoms with E-state index in [1.165, 1.54) is 6.07 Å². The quantitative estimate of drug-likeness (QED) is 0.572. The first-order valence-electron chi connectivity index (χ1n) is 2.86. The van der Waals surface area contributed by atoms with Gasteiger partial charge in [-0.1, -0.05) is 0 Å². The third-order valence-corrected chi connectivity index (χ3v) is 1.12. The number of aldehydes is 1. The average Bonchev–Trinajstić information content (AvgIpc) is 2.03. The summed E-state index contributed by atoms with van der Waals surface area (Å²) in [6.45, 7) is 0. The van der Waals surface area contributed by atoms with Gasteiger partial charge < -0.3 is 4.98 Å². The molecule has 0 saturated carbocycles. The van der Waals surface area contributed by atoms with Crippen molar-refractivity contribution >= 4 is 6.29 Å². The number of hydrogen-bond acceptors (Lipinski definition) is 3. The maximum atomic E-state index is 10.7. The number of nitrogens with one attached hydrogen (secondary N) is 1. The lowest BCUT2D eigenvalue weighted by molar-refractivity contribution is 0.112. The van der Waals surface area contributed by atoms with Gasteiger partial charge in [0.15, 0.2) is 0 Å². The van der Waals surface area contributed by atoms with E-state index in [1.807, 2.05) is 0 Å². The highest BCUT2D eigenvalue weighted by Gasteiger charge is 1.95. The summed E-state index contributed by atoms with van der Waals surface area (Å²) in [6.07, 6.45) is 0.524. The number of nitrogens with zero attached hydrogens (tertiary/aromatic N) is 1. The minimum atomic E-state index is -0.439. The molecular formula is C7H4N2O2. The predicted molar refractivity (Wildman–Crippen MR) is 37.2 cm³/mol. The molecule has 4 nitrogen and oxygen atoms in total. The van der Waals surface area contributed by atoms with E-state index >= 15 is 0 Å². The molecule has 4 heteroatoms. The van der Waals surface area contributed by atoms with Gasteiger partial charge in [-0.25, -0.2) is 0 Å². The molecule has 0 saturated heterocycles. The van der Waals surface area contributed by atoms with Gasteiger partial charge in [0.05, 0.1) is 0 Å². The van der Waals surface area contributed by atoms with Crippen molar-refractivity contribution in [3.63, 3.8) is 0 Å². The lowest BCUT2D eigenvalue weighted by Crippen LogP contribution is -2.07. The van der Waals surface area contributed by atoms with Crippen LogP contribution in [-0.4, -0.2) is 11.3 Å². The van der Waals surface area contributed by atoms with Gasteiger partial charge in [-0.15, -0.1) is 0 Å². The van der Waals surface area contributed by atoms with E-state index in [2.05, 4.69) is 4.98 Å². The molecule has 1 heterocycles. The fourth-order valence-corrected chi connectivity index (χ4v) is 0.693. The summed E-state index contributed by atoms with van der Waals surface area (Å²) in [7, 11) is 0. The predicted octanol–water partition coefficient (Wildman–Crippen LogP) is 0.0591. The molecular weight excluding hydrogens is 144 g/mol. The Hall–Kier alpha value is -1.89. The Labute approximate surface area is 62.1 Å². The second kappa shape index (κ2) is 2.80. The fourth-order valence-electron chi connectivity index (χ4n) is 0.693. The second-order valence-electron chi connectivity index (χ2n) is 1.92. The van der Waals surface area contributed by atoms with Crippen LogP contribution in [0.5, 0.6) is 0 Å². The smallest absolute Gasteiger partial charge is 0.249 e. The van der Waals surface area contributed by atoms with Crippen molar-refractivity contribution in [2.45, 2.75) is 0 Å². The Bertz CT molecular complexity index is 373. The number of carbonyl (C=O) groups excluding carboxylic acids is 1. The number of H-pyrrole nitrogens is 1. The molecule has 0 atom stereocenters. The Morgan fingerprint density at radius 1 is 1.55 bits per heavy atom. The van der Waals surface area contributed by atoms with Gasteiger partial charge in [-0.05, 0) is 6.07 Å². The van der Waals surface area contributed by atoms with Crippen LogP contribution in [0.15, 0.2) is 16.9 Å². The van der Waals surface area contributed by atoms with Gasteiger partial charge in [0.1, 0.15) is 18.0 Å². The maximum absolute atomic E-state index is 10.7. The van der Waals surface area contributed by atoms with Crippen LogP contribution < -0.4 is 5.56 Å². The monoisotopic (exact) mass is 148 g/mol. The molecule has 0 unspecified atom stereocenters. The van der Waals surface area contributed by atoms with E-state index in [9.17, 15) is 9.59 Å². The molecule has 1 rings (SSSR count). The molecule has 1 aromatic heterocycles. The zero-order valence-electron chi connectivity index (χ0n) is 5.50. The molecule has 0 bridgehead atoms. The van der Waals surface area contributed by atoms with Gasteiger partial charge in [-0.3, -0.25) is 9.59 Å². The van der Waals surface area contributed by atoms with Gasteiger partial charge in [0.25, 0.3) is 0 Å². The van der Waals surface area contributed by atoms with Crippen molar-refractivity contribution in [1.29, 1.82) is 5.26 Å². The molecule has 0 aliphatic heterocycles. The van der Waals surface area contributed by atoms with Gasteiger partial charge >= 0.3 is 0 Å². The largest absolute Gasteiger partial charge is 0.314 e. The summed E-state index contributed by atoms with van der Waals surface area (Å²) >= 11 is 0. The number of nitriles is 1. The number of pyridine rings is 1. The number of carbonyl (C=O) groups is 1. The molecule has 54 valence electrons.